The zero-order chi connectivity index (χ0) is 16.5. The highest BCUT2D eigenvalue weighted by Gasteiger charge is 2.18. The lowest BCUT2D eigenvalue weighted by Crippen LogP contribution is -2.21. The molecule has 1 heterocycles. The largest absolute Gasteiger partial charge is 0.456 e. The molecule has 0 radical (unpaired) electrons. The van der Waals surface area contributed by atoms with Gasteiger partial charge >= 0.3 is 0 Å². The monoisotopic (exact) mass is 322 g/mol. The van der Waals surface area contributed by atoms with Crippen molar-refractivity contribution in [3.05, 3.63) is 66.0 Å². The highest BCUT2D eigenvalue weighted by atomic mass is 19.1. The molecule has 0 atom stereocenters. The van der Waals surface area contributed by atoms with Crippen molar-refractivity contribution in [2.24, 2.45) is 0 Å². The Kier molecular flexibility index (Phi) is 3.95. The third-order valence-corrected chi connectivity index (χ3v) is 4.61. The number of rotatable bonds is 5. The van der Waals surface area contributed by atoms with E-state index < -0.39 is 0 Å². The van der Waals surface area contributed by atoms with Gasteiger partial charge in [-0.1, -0.05) is 24.8 Å². The SMILES string of the molecule is C=Cc1ccc(-c2cc3cc(COC4CCC4)ccc3o2)c(F)c1. The first-order valence-electron chi connectivity index (χ1n) is 8.29. The number of hydrogen-bond donors (Lipinski definition) is 0. The van der Waals surface area contributed by atoms with E-state index in [1.807, 2.05) is 24.3 Å². The van der Waals surface area contributed by atoms with Crippen molar-refractivity contribution in [2.75, 3.05) is 0 Å². The summed E-state index contributed by atoms with van der Waals surface area (Å²) in [7, 11) is 0. The Morgan fingerprint density at radius 1 is 1.17 bits per heavy atom. The fraction of sp³-hybridized carbons (Fsp3) is 0.238. The van der Waals surface area contributed by atoms with Gasteiger partial charge in [0.05, 0.1) is 18.3 Å². The first kappa shape index (κ1) is 15.2. The molecule has 0 aliphatic heterocycles. The second-order valence-electron chi connectivity index (χ2n) is 6.29. The van der Waals surface area contributed by atoms with E-state index in [-0.39, 0.29) is 5.82 Å². The van der Waals surface area contributed by atoms with E-state index in [1.54, 1.807) is 12.1 Å². The van der Waals surface area contributed by atoms with Crippen LogP contribution in [0.3, 0.4) is 0 Å². The van der Waals surface area contributed by atoms with Crippen molar-refractivity contribution >= 4 is 17.0 Å². The molecule has 0 N–H and O–H groups in total. The van der Waals surface area contributed by atoms with Crippen molar-refractivity contribution in [3.63, 3.8) is 0 Å². The van der Waals surface area contributed by atoms with Gasteiger partial charge in [0.1, 0.15) is 17.2 Å². The molecule has 1 aromatic heterocycles. The molecule has 3 aromatic rings. The quantitative estimate of drug-likeness (QED) is 0.579. The molecule has 0 unspecified atom stereocenters. The molecule has 122 valence electrons. The summed E-state index contributed by atoms with van der Waals surface area (Å²) in [4.78, 5) is 0. The van der Waals surface area contributed by atoms with Crippen LogP contribution in [0.1, 0.15) is 30.4 Å². The van der Waals surface area contributed by atoms with E-state index in [4.69, 9.17) is 9.15 Å². The summed E-state index contributed by atoms with van der Waals surface area (Å²) < 4.78 is 25.9. The summed E-state index contributed by atoms with van der Waals surface area (Å²) in [5.74, 6) is 0.232. The Bertz CT molecular complexity index is 890. The van der Waals surface area contributed by atoms with Crippen LogP contribution in [0.2, 0.25) is 0 Å². The number of ether oxygens (including phenoxy) is 1. The molecule has 24 heavy (non-hydrogen) atoms. The summed E-state index contributed by atoms with van der Waals surface area (Å²) in [6.07, 6.45) is 5.64. The Hall–Kier alpha value is -2.39. The molecule has 1 aliphatic rings. The van der Waals surface area contributed by atoms with Crippen LogP contribution in [-0.4, -0.2) is 6.10 Å². The molecule has 4 rings (SSSR count). The van der Waals surface area contributed by atoms with Crippen LogP contribution in [0.4, 0.5) is 4.39 Å². The van der Waals surface area contributed by atoms with Gasteiger partial charge in [0.25, 0.3) is 0 Å². The second kappa shape index (κ2) is 6.25. The Morgan fingerprint density at radius 3 is 2.75 bits per heavy atom. The lowest BCUT2D eigenvalue weighted by molar-refractivity contribution is -0.00862. The molecule has 1 aliphatic carbocycles. The van der Waals surface area contributed by atoms with Crippen LogP contribution in [0.5, 0.6) is 0 Å². The van der Waals surface area contributed by atoms with Crippen molar-refractivity contribution < 1.29 is 13.5 Å². The van der Waals surface area contributed by atoms with Crippen LogP contribution in [0.15, 0.2) is 53.5 Å². The van der Waals surface area contributed by atoms with Crippen LogP contribution in [-0.2, 0) is 11.3 Å². The van der Waals surface area contributed by atoms with Gasteiger partial charge in [-0.3, -0.25) is 0 Å². The van der Waals surface area contributed by atoms with Crippen molar-refractivity contribution in [1.29, 1.82) is 0 Å². The highest BCUT2D eigenvalue weighted by molar-refractivity contribution is 5.83. The summed E-state index contributed by atoms with van der Waals surface area (Å²) in [6.45, 7) is 4.27. The lowest BCUT2D eigenvalue weighted by atomic mass is 9.96. The smallest absolute Gasteiger partial charge is 0.138 e. The molecular weight excluding hydrogens is 303 g/mol. The minimum Gasteiger partial charge on any atom is -0.456 e. The summed E-state index contributed by atoms with van der Waals surface area (Å²) >= 11 is 0. The molecule has 2 aromatic carbocycles. The molecule has 0 spiro atoms. The zero-order valence-electron chi connectivity index (χ0n) is 13.4. The fourth-order valence-corrected chi connectivity index (χ4v) is 2.93. The van der Waals surface area contributed by atoms with Crippen LogP contribution in [0, 0.1) is 5.82 Å². The van der Waals surface area contributed by atoms with E-state index in [0.717, 1.165) is 34.9 Å². The average molecular weight is 322 g/mol. The topological polar surface area (TPSA) is 22.4 Å². The molecule has 2 nitrogen and oxygen atoms in total. The number of fused-ring (bicyclic) bond motifs is 1. The van der Waals surface area contributed by atoms with Gasteiger partial charge in [0.2, 0.25) is 0 Å². The van der Waals surface area contributed by atoms with E-state index in [1.165, 1.54) is 12.5 Å². The standard InChI is InChI=1S/C21H19FO2/c1-2-14-6-8-18(19(22)11-14)21-12-16-10-15(7-9-20(16)24-21)13-23-17-4-3-5-17/h2,6-12,17H,1,3-5,13H2. The minimum absolute atomic E-state index is 0.306. The minimum atomic E-state index is -0.306. The first-order chi connectivity index (χ1) is 11.7. The highest BCUT2D eigenvalue weighted by Crippen LogP contribution is 2.31. The third-order valence-electron chi connectivity index (χ3n) is 4.61. The van der Waals surface area contributed by atoms with Crippen molar-refractivity contribution in [2.45, 2.75) is 32.0 Å². The van der Waals surface area contributed by atoms with Crippen LogP contribution in [0.25, 0.3) is 28.4 Å². The van der Waals surface area contributed by atoms with Crippen molar-refractivity contribution in [1.82, 2.24) is 0 Å². The Labute approximate surface area is 140 Å². The van der Waals surface area contributed by atoms with Gasteiger partial charge in [-0.05, 0) is 60.7 Å². The number of furan rings is 1. The van der Waals surface area contributed by atoms with Gasteiger partial charge < -0.3 is 9.15 Å². The predicted octanol–water partition coefficient (Wildman–Crippen LogP) is 5.95. The van der Waals surface area contributed by atoms with Gasteiger partial charge in [-0.15, -0.1) is 0 Å². The van der Waals surface area contributed by atoms with E-state index in [9.17, 15) is 4.39 Å². The summed E-state index contributed by atoms with van der Waals surface area (Å²) in [6, 6.07) is 12.9. The average Bonchev–Trinajstić information content (AvgIpc) is 2.96. The summed E-state index contributed by atoms with van der Waals surface area (Å²) in [5, 5.41) is 0.965. The van der Waals surface area contributed by atoms with E-state index in [0.29, 0.717) is 24.0 Å². The maximum Gasteiger partial charge on any atom is 0.138 e. The van der Waals surface area contributed by atoms with Crippen molar-refractivity contribution in [3.8, 4) is 11.3 Å². The van der Waals surface area contributed by atoms with Crippen LogP contribution >= 0.6 is 0 Å². The Morgan fingerprint density at radius 2 is 2.04 bits per heavy atom. The Balaban J connectivity index is 1.61. The van der Waals surface area contributed by atoms with E-state index >= 15 is 0 Å². The number of halogens is 1. The number of hydrogen-bond acceptors (Lipinski definition) is 2. The normalized spacial score (nSPS) is 14.7. The maximum absolute atomic E-state index is 14.3. The third kappa shape index (κ3) is 2.87. The molecule has 1 fully saturated rings. The molecule has 0 bridgehead atoms. The fourth-order valence-electron chi connectivity index (χ4n) is 2.93. The molecule has 0 amide bonds. The van der Waals surface area contributed by atoms with Gasteiger partial charge in [0, 0.05) is 5.39 Å². The second-order valence-corrected chi connectivity index (χ2v) is 6.29. The molecular formula is C21H19FO2. The predicted molar refractivity (Wildman–Crippen MR) is 94.1 cm³/mol. The summed E-state index contributed by atoms with van der Waals surface area (Å²) in [5.41, 5.74) is 3.08. The maximum atomic E-state index is 14.3. The van der Waals surface area contributed by atoms with Gasteiger partial charge in [-0.2, -0.15) is 0 Å². The molecule has 1 saturated carbocycles. The van der Waals surface area contributed by atoms with Gasteiger partial charge in [0.15, 0.2) is 0 Å². The molecule has 3 heteroatoms. The lowest BCUT2D eigenvalue weighted by Gasteiger charge is -2.25. The first-order valence-corrected chi connectivity index (χ1v) is 8.29. The van der Waals surface area contributed by atoms with Crippen LogP contribution < -0.4 is 0 Å². The number of benzene rings is 2. The zero-order valence-corrected chi connectivity index (χ0v) is 13.4. The van der Waals surface area contributed by atoms with Gasteiger partial charge in [-0.25, -0.2) is 4.39 Å². The molecule has 0 saturated heterocycles. The van der Waals surface area contributed by atoms with E-state index in [2.05, 4.69) is 12.6 Å².